The zero-order valence-electron chi connectivity index (χ0n) is 12.5. The maximum atomic E-state index is 2.20. The Morgan fingerprint density at radius 2 is 1.43 bits per heavy atom. The van der Waals surface area contributed by atoms with Gasteiger partial charge in [-0.25, -0.2) is 12.1 Å². The summed E-state index contributed by atoms with van der Waals surface area (Å²) in [6.45, 7) is 0. The molecule has 0 heterocycles. The summed E-state index contributed by atoms with van der Waals surface area (Å²) in [7, 11) is 4.17. The summed E-state index contributed by atoms with van der Waals surface area (Å²) >= 11 is 0. The Kier molecular flexibility index (Phi) is 7.60. The van der Waals surface area contributed by atoms with Gasteiger partial charge in [0.2, 0.25) is 0 Å². The van der Waals surface area contributed by atoms with Gasteiger partial charge in [-0.1, -0.05) is 36.0 Å². The fourth-order valence-electron chi connectivity index (χ4n) is 2.17. The Balaban J connectivity index is 0.000000313. The molecule has 0 bridgehead atoms. The van der Waals surface area contributed by atoms with E-state index in [0.29, 0.717) is 0 Å². The van der Waals surface area contributed by atoms with Crippen LogP contribution in [0.15, 0.2) is 78.9 Å². The molecule has 3 aromatic carbocycles. The molecule has 0 radical (unpaired) electrons. The SMILES string of the molecule is CN(C)[c-]1cccc1Cc1ccccc1.[Fe].[cH-]1[cH-][cH-][cH-][cH-]1. The van der Waals surface area contributed by atoms with E-state index in [4.69, 9.17) is 0 Å². The topological polar surface area (TPSA) is 3.24 Å². The summed E-state index contributed by atoms with van der Waals surface area (Å²) in [5.74, 6) is 0. The molecule has 0 aromatic heterocycles. The van der Waals surface area contributed by atoms with Crippen molar-refractivity contribution in [2.45, 2.75) is 6.42 Å². The second kappa shape index (κ2) is 9.23. The summed E-state index contributed by atoms with van der Waals surface area (Å²) in [4.78, 5) is 2.16. The van der Waals surface area contributed by atoms with Gasteiger partial charge in [-0.2, -0.15) is 6.07 Å². The number of hydrogen-bond donors (Lipinski definition) is 0. The molecule has 0 aliphatic heterocycles. The third-order valence-corrected chi connectivity index (χ3v) is 3.16. The van der Waals surface area contributed by atoms with E-state index in [9.17, 15) is 0 Å². The van der Waals surface area contributed by atoms with Gasteiger partial charge in [-0.05, 0) is 26.1 Å². The molecule has 3 aromatic rings. The van der Waals surface area contributed by atoms with Crippen molar-refractivity contribution in [2.24, 2.45) is 0 Å². The van der Waals surface area contributed by atoms with Crippen LogP contribution >= 0.6 is 0 Å². The van der Waals surface area contributed by atoms with Crippen molar-refractivity contribution >= 4 is 5.69 Å². The van der Waals surface area contributed by atoms with Crippen LogP contribution in [0.25, 0.3) is 0 Å². The molecule has 0 unspecified atom stereocenters. The van der Waals surface area contributed by atoms with E-state index in [-0.39, 0.29) is 17.1 Å². The van der Waals surface area contributed by atoms with Gasteiger partial charge < -0.3 is 35.2 Å². The molecule has 0 spiro atoms. The molecule has 0 saturated heterocycles. The van der Waals surface area contributed by atoms with Crippen molar-refractivity contribution in [3.05, 3.63) is 90.0 Å². The molecule has 0 amide bonds. The molecule has 1 nitrogen and oxygen atoms in total. The van der Waals surface area contributed by atoms with E-state index in [1.165, 1.54) is 16.8 Å². The van der Waals surface area contributed by atoms with Crippen LogP contribution < -0.4 is 4.90 Å². The van der Waals surface area contributed by atoms with Crippen molar-refractivity contribution in [1.29, 1.82) is 0 Å². The molecule has 21 heavy (non-hydrogen) atoms. The Labute approximate surface area is 138 Å². The number of hydrogen-bond acceptors (Lipinski definition) is 1. The van der Waals surface area contributed by atoms with Crippen molar-refractivity contribution in [1.82, 2.24) is 0 Å². The molecule has 0 fully saturated rings. The van der Waals surface area contributed by atoms with E-state index in [1.807, 2.05) is 30.3 Å². The Morgan fingerprint density at radius 3 is 1.95 bits per heavy atom. The standard InChI is InChI=1S/C14H16N.C5H5.Fe/c1-15(2)14-10-6-9-13(14)11-12-7-4-3-5-8-12;1-2-4-5-3-1;/h3-10H,11H2,1-2H3;1-5H;/q-1;-5;. The van der Waals surface area contributed by atoms with Gasteiger partial charge >= 0.3 is 0 Å². The van der Waals surface area contributed by atoms with E-state index in [2.05, 4.69) is 67.5 Å². The summed E-state index contributed by atoms with van der Waals surface area (Å²) in [6, 6.07) is 27.1. The first-order chi connectivity index (χ1) is 9.77. The van der Waals surface area contributed by atoms with Crippen LogP contribution in [-0.2, 0) is 23.5 Å². The van der Waals surface area contributed by atoms with Crippen LogP contribution in [0.2, 0.25) is 0 Å². The summed E-state index contributed by atoms with van der Waals surface area (Å²) in [5, 5.41) is 0. The van der Waals surface area contributed by atoms with Crippen molar-refractivity contribution in [3.8, 4) is 0 Å². The quantitative estimate of drug-likeness (QED) is 0.509. The van der Waals surface area contributed by atoms with Gasteiger partial charge in [0.25, 0.3) is 0 Å². The molecule has 0 N–H and O–H groups in total. The minimum Gasteiger partial charge on any atom is -0.748 e. The third kappa shape index (κ3) is 5.63. The average molecular weight is 319 g/mol. The normalized spacial score (nSPS) is 9.24. The maximum absolute atomic E-state index is 2.20. The van der Waals surface area contributed by atoms with Gasteiger partial charge in [-0.3, -0.25) is 0 Å². The first-order valence-electron chi connectivity index (χ1n) is 6.90. The molecule has 2 heteroatoms. The van der Waals surface area contributed by atoms with E-state index in [1.54, 1.807) is 0 Å². The monoisotopic (exact) mass is 319 g/mol. The maximum Gasteiger partial charge on any atom is 0 e. The van der Waals surface area contributed by atoms with Crippen molar-refractivity contribution in [3.63, 3.8) is 0 Å². The van der Waals surface area contributed by atoms with E-state index >= 15 is 0 Å². The minimum atomic E-state index is 0. The predicted octanol–water partition coefficient (Wildman–Crippen LogP) is 4.47. The molecule has 0 saturated carbocycles. The molecule has 0 atom stereocenters. The van der Waals surface area contributed by atoms with Crippen LogP contribution in [-0.4, -0.2) is 14.1 Å². The summed E-state index contributed by atoms with van der Waals surface area (Å²) in [6.07, 6.45) is 1.02. The third-order valence-electron chi connectivity index (χ3n) is 3.16. The minimum absolute atomic E-state index is 0. The number of nitrogens with zero attached hydrogens (tertiary/aromatic N) is 1. The predicted molar refractivity (Wildman–Crippen MR) is 87.6 cm³/mol. The fourth-order valence-corrected chi connectivity index (χ4v) is 2.17. The van der Waals surface area contributed by atoms with Gasteiger partial charge in [-0.15, -0.1) is 5.56 Å². The van der Waals surface area contributed by atoms with Crippen molar-refractivity contribution < 1.29 is 17.1 Å². The largest absolute Gasteiger partial charge is 0.748 e. The zero-order valence-corrected chi connectivity index (χ0v) is 13.6. The molecular weight excluding hydrogens is 298 g/mol. The van der Waals surface area contributed by atoms with Crippen LogP contribution in [0.4, 0.5) is 5.69 Å². The van der Waals surface area contributed by atoms with E-state index in [0.717, 1.165) is 6.42 Å². The molecular formula is C19H21FeN-6. The summed E-state index contributed by atoms with van der Waals surface area (Å²) < 4.78 is 0. The average Bonchev–Trinajstić information content (AvgIpc) is 3.14. The zero-order chi connectivity index (χ0) is 14.2. The first-order valence-corrected chi connectivity index (χ1v) is 6.90. The van der Waals surface area contributed by atoms with Crippen LogP contribution in [0.1, 0.15) is 11.1 Å². The van der Waals surface area contributed by atoms with Gasteiger partial charge in [0.1, 0.15) is 0 Å². The molecule has 3 rings (SSSR count). The Morgan fingerprint density at radius 1 is 0.857 bits per heavy atom. The number of anilines is 1. The van der Waals surface area contributed by atoms with Gasteiger partial charge in [0.15, 0.2) is 0 Å². The second-order valence-electron chi connectivity index (χ2n) is 4.96. The van der Waals surface area contributed by atoms with Crippen LogP contribution in [0.5, 0.6) is 0 Å². The second-order valence-corrected chi connectivity index (χ2v) is 4.96. The number of benzene rings is 1. The number of rotatable bonds is 3. The fraction of sp³-hybridized carbons (Fsp3) is 0.158. The van der Waals surface area contributed by atoms with Crippen molar-refractivity contribution in [2.75, 3.05) is 19.0 Å². The smallest absolute Gasteiger partial charge is 0 e. The Bertz CT molecular complexity index is 562. The van der Waals surface area contributed by atoms with Crippen LogP contribution in [0, 0.1) is 0 Å². The summed E-state index contributed by atoms with van der Waals surface area (Å²) in [5.41, 5.74) is 4.08. The molecule has 0 aliphatic rings. The van der Waals surface area contributed by atoms with Crippen LogP contribution in [0.3, 0.4) is 0 Å². The first kappa shape index (κ1) is 17.3. The van der Waals surface area contributed by atoms with E-state index < -0.39 is 0 Å². The van der Waals surface area contributed by atoms with Gasteiger partial charge in [0.05, 0.1) is 0 Å². The van der Waals surface area contributed by atoms with Gasteiger partial charge in [0, 0.05) is 17.1 Å². The molecule has 116 valence electrons. The Hall–Kier alpha value is -1.76. The molecule has 0 aliphatic carbocycles.